The van der Waals surface area contributed by atoms with Crippen LogP contribution in [-0.2, 0) is 22.6 Å². The summed E-state index contributed by atoms with van der Waals surface area (Å²) >= 11 is 12.3. The second-order valence-corrected chi connectivity index (χ2v) is 8.86. The molecule has 2 aromatic carbocycles. The van der Waals surface area contributed by atoms with Gasteiger partial charge >= 0.3 is 5.69 Å². The van der Waals surface area contributed by atoms with Gasteiger partial charge in [-0.2, -0.15) is 9.97 Å². The van der Waals surface area contributed by atoms with Crippen molar-refractivity contribution in [3.63, 3.8) is 0 Å². The number of fused-ring (bicyclic) bond motifs is 1. The number of morpholine rings is 1. The van der Waals surface area contributed by atoms with E-state index in [1.807, 2.05) is 35.2 Å². The molecule has 0 unspecified atom stereocenters. The van der Waals surface area contributed by atoms with Gasteiger partial charge in [0.15, 0.2) is 11.5 Å². The number of aromatic nitrogens is 4. The molecule has 0 atom stereocenters. The molecule has 11 heteroatoms. The van der Waals surface area contributed by atoms with Crippen molar-refractivity contribution in [1.29, 1.82) is 0 Å². The fourth-order valence-electron chi connectivity index (χ4n) is 4.09. The molecule has 0 radical (unpaired) electrons. The van der Waals surface area contributed by atoms with Crippen LogP contribution in [0.5, 0.6) is 0 Å². The van der Waals surface area contributed by atoms with E-state index in [-0.39, 0.29) is 30.0 Å². The van der Waals surface area contributed by atoms with Crippen LogP contribution in [-0.4, -0.2) is 51.3 Å². The van der Waals surface area contributed by atoms with Crippen molar-refractivity contribution in [3.8, 4) is 0 Å². The van der Waals surface area contributed by atoms with Crippen molar-refractivity contribution in [2.75, 3.05) is 36.5 Å². The Labute approximate surface area is 210 Å². The number of para-hydroxylation sites is 1. The van der Waals surface area contributed by atoms with Gasteiger partial charge in [0, 0.05) is 23.8 Å². The number of benzene rings is 2. The van der Waals surface area contributed by atoms with Crippen molar-refractivity contribution in [3.05, 3.63) is 81.0 Å². The van der Waals surface area contributed by atoms with Crippen LogP contribution >= 0.6 is 23.2 Å². The van der Waals surface area contributed by atoms with Gasteiger partial charge in [0.05, 0.1) is 19.8 Å². The number of rotatable bonds is 6. The summed E-state index contributed by atoms with van der Waals surface area (Å²) in [5.41, 5.74) is 1.94. The van der Waals surface area contributed by atoms with E-state index in [0.29, 0.717) is 54.0 Å². The van der Waals surface area contributed by atoms with Crippen molar-refractivity contribution in [2.24, 2.45) is 0 Å². The van der Waals surface area contributed by atoms with E-state index >= 15 is 0 Å². The van der Waals surface area contributed by atoms with Gasteiger partial charge < -0.3 is 15.0 Å². The van der Waals surface area contributed by atoms with Gasteiger partial charge in [-0.1, -0.05) is 41.9 Å². The Balaban J connectivity index is 1.61. The number of carbonyl (C=O) groups is 1. The van der Waals surface area contributed by atoms with Gasteiger partial charge in [-0.3, -0.25) is 13.9 Å². The predicted molar refractivity (Wildman–Crippen MR) is 135 cm³/mol. The van der Waals surface area contributed by atoms with Crippen LogP contribution in [0.1, 0.15) is 5.56 Å². The summed E-state index contributed by atoms with van der Waals surface area (Å²) in [6.45, 7) is 2.28. The Morgan fingerprint density at radius 1 is 0.971 bits per heavy atom. The number of imidazole rings is 1. The molecule has 9 nitrogen and oxygen atoms in total. The quantitative estimate of drug-likeness (QED) is 0.397. The topological polar surface area (TPSA) is 94.3 Å². The van der Waals surface area contributed by atoms with Gasteiger partial charge in [-0.05, 0) is 41.4 Å². The summed E-state index contributed by atoms with van der Waals surface area (Å²) in [5.74, 6) is 0.183. The lowest BCUT2D eigenvalue weighted by Crippen LogP contribution is -2.37. The number of carbonyl (C=O) groups excluding carboxylic acids is 1. The monoisotopic (exact) mass is 512 g/mol. The van der Waals surface area contributed by atoms with E-state index < -0.39 is 0 Å². The molecule has 1 aliphatic heterocycles. The second-order valence-electron chi connectivity index (χ2n) is 8.08. The van der Waals surface area contributed by atoms with E-state index in [2.05, 4.69) is 15.3 Å². The van der Waals surface area contributed by atoms with E-state index in [4.69, 9.17) is 27.9 Å². The molecule has 0 spiro atoms. The Morgan fingerprint density at radius 2 is 1.69 bits per heavy atom. The number of ether oxygens (including phenoxy) is 1. The maximum Gasteiger partial charge on any atom is 0.331 e. The zero-order chi connectivity index (χ0) is 24.4. The summed E-state index contributed by atoms with van der Waals surface area (Å²) < 4.78 is 8.39. The normalized spacial score (nSPS) is 13.8. The van der Waals surface area contributed by atoms with E-state index in [1.54, 1.807) is 28.8 Å². The van der Waals surface area contributed by atoms with Gasteiger partial charge in [0.1, 0.15) is 12.1 Å². The smallest absolute Gasteiger partial charge is 0.331 e. The molecular formula is C24H22Cl2N6O3. The number of amides is 1. The average Bonchev–Trinajstić information content (AvgIpc) is 3.11. The number of hydrogen-bond acceptors (Lipinski definition) is 6. The van der Waals surface area contributed by atoms with E-state index in [9.17, 15) is 9.59 Å². The lowest BCUT2D eigenvalue weighted by molar-refractivity contribution is -0.116. The van der Waals surface area contributed by atoms with Crippen molar-refractivity contribution < 1.29 is 9.53 Å². The predicted octanol–water partition coefficient (Wildman–Crippen LogP) is 3.42. The number of anilines is 2. The first-order valence-electron chi connectivity index (χ1n) is 11.1. The molecule has 1 amide bonds. The minimum absolute atomic E-state index is 0.000137. The Kier molecular flexibility index (Phi) is 6.72. The molecule has 5 rings (SSSR count). The Bertz CT molecular complexity index is 1410. The number of hydrogen-bond donors (Lipinski definition) is 1. The highest BCUT2D eigenvalue weighted by Crippen LogP contribution is 2.27. The van der Waals surface area contributed by atoms with Gasteiger partial charge in [0.2, 0.25) is 11.2 Å². The van der Waals surface area contributed by atoms with Crippen LogP contribution in [0.25, 0.3) is 11.2 Å². The first-order valence-corrected chi connectivity index (χ1v) is 11.8. The van der Waals surface area contributed by atoms with Crippen LogP contribution in [0.2, 0.25) is 10.3 Å². The minimum Gasteiger partial charge on any atom is -0.378 e. The largest absolute Gasteiger partial charge is 0.378 e. The first kappa shape index (κ1) is 23.3. The van der Waals surface area contributed by atoms with Crippen molar-refractivity contribution >= 4 is 51.8 Å². The van der Waals surface area contributed by atoms with E-state index in [1.165, 1.54) is 4.57 Å². The van der Waals surface area contributed by atoms with Crippen LogP contribution in [0, 0.1) is 0 Å². The summed E-state index contributed by atoms with van der Waals surface area (Å²) in [7, 11) is 0. The molecule has 3 heterocycles. The number of nitrogens with zero attached hydrogens (tertiary/aromatic N) is 5. The molecule has 1 saturated heterocycles. The first-order chi connectivity index (χ1) is 17.0. The Morgan fingerprint density at radius 3 is 2.40 bits per heavy atom. The zero-order valence-corrected chi connectivity index (χ0v) is 20.2. The summed E-state index contributed by atoms with van der Waals surface area (Å²) in [5, 5.41) is 3.42. The summed E-state index contributed by atoms with van der Waals surface area (Å²) in [6, 6.07) is 16.3. The molecule has 0 saturated carbocycles. The lowest BCUT2D eigenvalue weighted by Gasteiger charge is -2.28. The fourth-order valence-corrected chi connectivity index (χ4v) is 4.38. The molecule has 0 bridgehead atoms. The highest BCUT2D eigenvalue weighted by Gasteiger charge is 2.25. The van der Waals surface area contributed by atoms with Gasteiger partial charge in [0.25, 0.3) is 0 Å². The second kappa shape index (κ2) is 10.1. The SMILES string of the molecule is O=C(Cn1c(=O)n(Cc2ccc(Cl)cc2)c2c(N3CCOCC3)nc(Cl)nc21)Nc1ccccc1. The average molecular weight is 513 g/mol. The minimum atomic E-state index is -0.385. The van der Waals surface area contributed by atoms with Crippen LogP contribution in [0.15, 0.2) is 59.4 Å². The lowest BCUT2D eigenvalue weighted by atomic mass is 10.2. The third-order valence-electron chi connectivity index (χ3n) is 5.73. The Hall–Kier alpha value is -3.40. The highest BCUT2D eigenvalue weighted by molar-refractivity contribution is 6.30. The molecule has 1 N–H and O–H groups in total. The van der Waals surface area contributed by atoms with E-state index in [0.717, 1.165) is 5.56 Å². The molecule has 1 aliphatic rings. The molecule has 4 aromatic rings. The van der Waals surface area contributed by atoms with Crippen LogP contribution < -0.4 is 15.9 Å². The fraction of sp³-hybridized carbons (Fsp3) is 0.250. The molecule has 180 valence electrons. The van der Waals surface area contributed by atoms with Crippen LogP contribution in [0.4, 0.5) is 11.5 Å². The molecule has 35 heavy (non-hydrogen) atoms. The number of halogens is 2. The van der Waals surface area contributed by atoms with Crippen LogP contribution in [0.3, 0.4) is 0 Å². The maximum absolute atomic E-state index is 13.7. The molecule has 2 aromatic heterocycles. The summed E-state index contributed by atoms with van der Waals surface area (Å²) in [6.07, 6.45) is 0. The highest BCUT2D eigenvalue weighted by atomic mass is 35.5. The van der Waals surface area contributed by atoms with Gasteiger partial charge in [-0.15, -0.1) is 0 Å². The third kappa shape index (κ3) is 5.02. The standard InChI is InChI=1S/C24H22Cl2N6O3/c25-17-8-6-16(7-9-17)14-31-20-21(30-10-12-35-13-11-30)28-23(26)29-22(20)32(24(31)34)15-19(33)27-18-4-2-1-3-5-18/h1-9H,10-15H2,(H,27,33). The molecular weight excluding hydrogens is 491 g/mol. The van der Waals surface area contributed by atoms with Crippen molar-refractivity contribution in [2.45, 2.75) is 13.1 Å². The summed E-state index contributed by atoms with van der Waals surface area (Å²) in [4.78, 5) is 37.4. The zero-order valence-electron chi connectivity index (χ0n) is 18.7. The van der Waals surface area contributed by atoms with Crippen molar-refractivity contribution in [1.82, 2.24) is 19.1 Å². The van der Waals surface area contributed by atoms with Gasteiger partial charge in [-0.25, -0.2) is 4.79 Å². The third-order valence-corrected chi connectivity index (χ3v) is 6.15. The number of nitrogens with one attached hydrogen (secondary N) is 1. The molecule has 1 fully saturated rings. The molecule has 0 aliphatic carbocycles. The maximum atomic E-state index is 13.7.